The van der Waals surface area contributed by atoms with Crippen LogP contribution in [0.25, 0.3) is 5.57 Å². The molecule has 3 aromatic rings. The molecule has 0 saturated carbocycles. The van der Waals surface area contributed by atoms with Gasteiger partial charge in [-0.25, -0.2) is 9.29 Å². The molecular formula is C23H17FN2O3. The van der Waals surface area contributed by atoms with Crippen molar-refractivity contribution in [3.63, 3.8) is 0 Å². The molecule has 0 bridgehead atoms. The Labute approximate surface area is 167 Å². The second-order valence-electron chi connectivity index (χ2n) is 6.39. The number of nitrogens with one attached hydrogen (secondary N) is 1. The van der Waals surface area contributed by atoms with Crippen molar-refractivity contribution in [3.05, 3.63) is 95.9 Å². The summed E-state index contributed by atoms with van der Waals surface area (Å²) in [5, 5.41) is 3.00. The molecule has 6 heteroatoms. The zero-order valence-corrected chi connectivity index (χ0v) is 15.6. The third-order valence-corrected chi connectivity index (χ3v) is 4.59. The Morgan fingerprint density at radius 2 is 1.48 bits per heavy atom. The lowest BCUT2D eigenvalue weighted by molar-refractivity contribution is -0.120. The number of ether oxygens (including phenoxy) is 1. The van der Waals surface area contributed by atoms with Crippen molar-refractivity contribution in [2.24, 2.45) is 0 Å². The largest absolute Gasteiger partial charge is 0.497 e. The zero-order valence-electron chi connectivity index (χ0n) is 15.6. The first-order chi connectivity index (χ1) is 14.1. The molecule has 0 saturated heterocycles. The summed E-state index contributed by atoms with van der Waals surface area (Å²) in [5.74, 6) is -0.686. The van der Waals surface area contributed by atoms with Crippen LogP contribution in [0.5, 0.6) is 5.75 Å². The van der Waals surface area contributed by atoms with Crippen molar-refractivity contribution in [2.45, 2.75) is 0 Å². The lowest BCUT2D eigenvalue weighted by Crippen LogP contribution is -2.32. The predicted molar refractivity (Wildman–Crippen MR) is 109 cm³/mol. The van der Waals surface area contributed by atoms with E-state index in [1.165, 1.54) is 24.3 Å². The van der Waals surface area contributed by atoms with Gasteiger partial charge in [0.15, 0.2) is 0 Å². The fraction of sp³-hybridized carbons (Fsp3) is 0.0435. The topological polar surface area (TPSA) is 58.6 Å². The van der Waals surface area contributed by atoms with Gasteiger partial charge in [0.05, 0.1) is 18.4 Å². The molecule has 4 rings (SSSR count). The maximum atomic E-state index is 13.2. The molecule has 3 aromatic carbocycles. The lowest BCUT2D eigenvalue weighted by Gasteiger charge is -2.16. The molecule has 0 radical (unpaired) electrons. The van der Waals surface area contributed by atoms with Gasteiger partial charge in [0, 0.05) is 5.69 Å². The highest BCUT2D eigenvalue weighted by molar-refractivity contribution is 6.46. The Balaban J connectivity index is 1.78. The predicted octanol–water partition coefficient (Wildman–Crippen LogP) is 4.23. The molecular weight excluding hydrogens is 371 g/mol. The number of nitrogens with zero attached hydrogens (tertiary/aromatic N) is 1. The standard InChI is InChI=1S/C23H17FN2O3/c1-29-19-13-11-18(12-14-19)26-22(27)20(15-5-3-2-4-6-15)21(23(26)28)25-17-9-7-16(24)8-10-17/h2-14,25H,1H3. The van der Waals surface area contributed by atoms with Gasteiger partial charge in [-0.05, 0) is 54.1 Å². The van der Waals surface area contributed by atoms with Crippen molar-refractivity contribution < 1.29 is 18.7 Å². The number of anilines is 2. The summed E-state index contributed by atoms with van der Waals surface area (Å²) >= 11 is 0. The molecule has 0 atom stereocenters. The molecule has 29 heavy (non-hydrogen) atoms. The Morgan fingerprint density at radius 3 is 2.10 bits per heavy atom. The van der Waals surface area contributed by atoms with Gasteiger partial charge in [-0.3, -0.25) is 9.59 Å². The maximum absolute atomic E-state index is 13.2. The molecule has 2 amide bonds. The average Bonchev–Trinajstić information content (AvgIpc) is 3.00. The second kappa shape index (κ2) is 7.59. The lowest BCUT2D eigenvalue weighted by atomic mass is 10.0. The van der Waals surface area contributed by atoms with E-state index in [0.717, 1.165) is 4.90 Å². The van der Waals surface area contributed by atoms with Gasteiger partial charge in [0.2, 0.25) is 0 Å². The van der Waals surface area contributed by atoms with E-state index in [1.807, 2.05) is 6.07 Å². The Hall–Kier alpha value is -3.93. The molecule has 0 fully saturated rings. The Bertz CT molecular complexity index is 1090. The van der Waals surface area contributed by atoms with E-state index in [2.05, 4.69) is 5.32 Å². The quantitative estimate of drug-likeness (QED) is 0.665. The van der Waals surface area contributed by atoms with Crippen LogP contribution in [-0.4, -0.2) is 18.9 Å². The van der Waals surface area contributed by atoms with Crippen LogP contribution in [0.1, 0.15) is 5.56 Å². The first-order valence-electron chi connectivity index (χ1n) is 8.93. The van der Waals surface area contributed by atoms with Crippen LogP contribution in [0, 0.1) is 5.82 Å². The first-order valence-corrected chi connectivity index (χ1v) is 8.93. The van der Waals surface area contributed by atoms with Gasteiger partial charge in [-0.2, -0.15) is 0 Å². The summed E-state index contributed by atoms with van der Waals surface area (Å²) in [7, 11) is 1.54. The van der Waals surface area contributed by atoms with Crippen LogP contribution in [0.4, 0.5) is 15.8 Å². The van der Waals surface area contributed by atoms with E-state index in [9.17, 15) is 14.0 Å². The Morgan fingerprint density at radius 1 is 0.828 bits per heavy atom. The summed E-state index contributed by atoms with van der Waals surface area (Å²) in [6, 6.07) is 21.2. The van der Waals surface area contributed by atoms with Crippen LogP contribution in [0.3, 0.4) is 0 Å². The number of halogens is 1. The summed E-state index contributed by atoms with van der Waals surface area (Å²) in [4.78, 5) is 27.6. The monoisotopic (exact) mass is 388 g/mol. The zero-order chi connectivity index (χ0) is 20.4. The first kappa shape index (κ1) is 18.4. The minimum Gasteiger partial charge on any atom is -0.497 e. The average molecular weight is 388 g/mol. The van der Waals surface area contributed by atoms with Crippen LogP contribution in [0.2, 0.25) is 0 Å². The second-order valence-corrected chi connectivity index (χ2v) is 6.39. The van der Waals surface area contributed by atoms with E-state index < -0.39 is 11.8 Å². The fourth-order valence-corrected chi connectivity index (χ4v) is 3.16. The molecule has 144 valence electrons. The summed E-state index contributed by atoms with van der Waals surface area (Å²) in [6.45, 7) is 0. The molecule has 5 nitrogen and oxygen atoms in total. The van der Waals surface area contributed by atoms with Crippen LogP contribution < -0.4 is 15.0 Å². The number of methoxy groups -OCH3 is 1. The molecule has 0 aliphatic carbocycles. The molecule has 1 aliphatic heterocycles. The third kappa shape index (κ3) is 3.48. The minimum atomic E-state index is -0.483. The maximum Gasteiger partial charge on any atom is 0.282 e. The van der Waals surface area contributed by atoms with E-state index >= 15 is 0 Å². The third-order valence-electron chi connectivity index (χ3n) is 4.59. The van der Waals surface area contributed by atoms with Crippen LogP contribution >= 0.6 is 0 Å². The van der Waals surface area contributed by atoms with Gasteiger partial charge in [-0.1, -0.05) is 30.3 Å². The number of rotatable bonds is 5. The summed E-state index contributed by atoms with van der Waals surface area (Å²) < 4.78 is 18.4. The number of hydrogen-bond acceptors (Lipinski definition) is 4. The Kier molecular flexibility index (Phi) is 4.83. The van der Waals surface area contributed by atoms with E-state index in [1.54, 1.807) is 55.6 Å². The molecule has 0 unspecified atom stereocenters. The van der Waals surface area contributed by atoms with Crippen molar-refractivity contribution in [3.8, 4) is 5.75 Å². The number of hydrogen-bond donors (Lipinski definition) is 1. The smallest absolute Gasteiger partial charge is 0.282 e. The number of benzene rings is 3. The van der Waals surface area contributed by atoms with Gasteiger partial charge in [0.1, 0.15) is 17.3 Å². The fourth-order valence-electron chi connectivity index (χ4n) is 3.16. The van der Waals surface area contributed by atoms with Gasteiger partial charge in [-0.15, -0.1) is 0 Å². The number of amides is 2. The van der Waals surface area contributed by atoms with Crippen molar-refractivity contribution in [1.29, 1.82) is 0 Å². The molecule has 1 heterocycles. The molecule has 0 spiro atoms. The van der Waals surface area contributed by atoms with E-state index in [-0.39, 0.29) is 17.1 Å². The highest BCUT2D eigenvalue weighted by Gasteiger charge is 2.40. The molecule has 0 aromatic heterocycles. The van der Waals surface area contributed by atoms with Crippen LogP contribution in [0.15, 0.2) is 84.6 Å². The van der Waals surface area contributed by atoms with E-state index in [4.69, 9.17) is 4.74 Å². The van der Waals surface area contributed by atoms with Gasteiger partial charge < -0.3 is 10.1 Å². The van der Waals surface area contributed by atoms with E-state index in [0.29, 0.717) is 22.7 Å². The molecule has 1 N–H and O–H groups in total. The van der Waals surface area contributed by atoms with Crippen molar-refractivity contribution in [1.82, 2.24) is 0 Å². The number of carbonyl (C=O) groups is 2. The molecule has 1 aliphatic rings. The highest BCUT2D eigenvalue weighted by atomic mass is 19.1. The summed E-state index contributed by atoms with van der Waals surface area (Å²) in [5.41, 5.74) is 1.96. The minimum absolute atomic E-state index is 0.142. The van der Waals surface area contributed by atoms with Gasteiger partial charge >= 0.3 is 0 Å². The number of carbonyl (C=O) groups excluding carboxylic acids is 2. The SMILES string of the molecule is COc1ccc(N2C(=O)C(Nc3ccc(F)cc3)=C(c3ccccc3)C2=O)cc1. The van der Waals surface area contributed by atoms with Crippen molar-refractivity contribution >= 4 is 28.8 Å². The van der Waals surface area contributed by atoms with Gasteiger partial charge in [0.25, 0.3) is 11.8 Å². The van der Waals surface area contributed by atoms with Crippen molar-refractivity contribution in [2.75, 3.05) is 17.3 Å². The summed E-state index contributed by atoms with van der Waals surface area (Å²) in [6.07, 6.45) is 0. The normalized spacial score (nSPS) is 13.8. The number of imide groups is 1. The highest BCUT2D eigenvalue weighted by Crippen LogP contribution is 2.34. The van der Waals surface area contributed by atoms with Crippen LogP contribution in [-0.2, 0) is 9.59 Å².